The Morgan fingerprint density at radius 3 is 2.60 bits per heavy atom. The van der Waals surface area contributed by atoms with Crippen LogP contribution in [0.2, 0.25) is 10.0 Å². The van der Waals surface area contributed by atoms with Gasteiger partial charge in [0.15, 0.2) is 0 Å². The van der Waals surface area contributed by atoms with E-state index in [-0.39, 0.29) is 5.91 Å². The summed E-state index contributed by atoms with van der Waals surface area (Å²) in [5.41, 5.74) is 0.764. The lowest BCUT2D eigenvalue weighted by molar-refractivity contribution is -0.127. The maximum atomic E-state index is 12.1. The summed E-state index contributed by atoms with van der Waals surface area (Å²) >= 11 is 12.0. The monoisotopic (exact) mass is 312 g/mol. The van der Waals surface area contributed by atoms with E-state index in [2.05, 4.69) is 11.8 Å². The molecular formula is C15H18Cl2N2O. The normalized spacial score (nSPS) is 16.9. The van der Waals surface area contributed by atoms with Crippen molar-refractivity contribution >= 4 is 35.2 Å². The number of amides is 1. The minimum atomic E-state index is 0.0248. The summed E-state index contributed by atoms with van der Waals surface area (Å²) in [7, 11) is 0. The zero-order valence-electron chi connectivity index (χ0n) is 11.5. The van der Waals surface area contributed by atoms with Gasteiger partial charge >= 0.3 is 0 Å². The number of carbonyl (C=O) groups is 1. The molecular weight excluding hydrogens is 295 g/mol. The second-order valence-corrected chi connectivity index (χ2v) is 5.60. The minimum absolute atomic E-state index is 0.0248. The Kier molecular flexibility index (Phi) is 5.46. The maximum Gasteiger partial charge on any atom is 0.246 e. The lowest BCUT2D eigenvalue weighted by Gasteiger charge is -2.33. The Morgan fingerprint density at radius 2 is 1.95 bits per heavy atom. The van der Waals surface area contributed by atoms with Crippen LogP contribution in [0.1, 0.15) is 12.5 Å². The van der Waals surface area contributed by atoms with Crippen molar-refractivity contribution in [1.29, 1.82) is 0 Å². The van der Waals surface area contributed by atoms with Crippen molar-refractivity contribution in [3.63, 3.8) is 0 Å². The van der Waals surface area contributed by atoms with Crippen LogP contribution in [0.15, 0.2) is 24.3 Å². The number of rotatable bonds is 3. The lowest BCUT2D eigenvalue weighted by Crippen LogP contribution is -2.48. The van der Waals surface area contributed by atoms with E-state index >= 15 is 0 Å². The highest BCUT2D eigenvalue weighted by atomic mass is 35.5. The van der Waals surface area contributed by atoms with Crippen molar-refractivity contribution in [3.05, 3.63) is 39.9 Å². The van der Waals surface area contributed by atoms with Crippen LogP contribution in [0.5, 0.6) is 0 Å². The molecule has 0 unspecified atom stereocenters. The first kappa shape index (κ1) is 15.4. The Bertz CT molecular complexity index is 509. The lowest BCUT2D eigenvalue weighted by atomic mass is 10.2. The van der Waals surface area contributed by atoms with Crippen molar-refractivity contribution in [2.45, 2.75) is 6.92 Å². The van der Waals surface area contributed by atoms with Gasteiger partial charge in [0, 0.05) is 42.3 Å². The zero-order valence-corrected chi connectivity index (χ0v) is 13.0. The van der Waals surface area contributed by atoms with Gasteiger partial charge in [-0.1, -0.05) is 30.1 Å². The predicted octanol–water partition coefficient (Wildman–Crippen LogP) is 3.17. The second-order valence-electron chi connectivity index (χ2n) is 4.76. The number of halogens is 2. The molecule has 3 nitrogen and oxygen atoms in total. The van der Waals surface area contributed by atoms with Gasteiger partial charge in [-0.05, 0) is 36.4 Å². The van der Waals surface area contributed by atoms with E-state index in [4.69, 9.17) is 23.2 Å². The van der Waals surface area contributed by atoms with Crippen molar-refractivity contribution in [1.82, 2.24) is 9.80 Å². The van der Waals surface area contributed by atoms with E-state index in [9.17, 15) is 4.79 Å². The van der Waals surface area contributed by atoms with Gasteiger partial charge in [0.25, 0.3) is 0 Å². The maximum absolute atomic E-state index is 12.1. The summed E-state index contributed by atoms with van der Waals surface area (Å²) in [5, 5.41) is 1.20. The molecule has 0 atom stereocenters. The molecule has 0 aliphatic carbocycles. The van der Waals surface area contributed by atoms with Crippen molar-refractivity contribution in [2.24, 2.45) is 0 Å². The van der Waals surface area contributed by atoms with E-state index in [1.807, 2.05) is 4.90 Å². The topological polar surface area (TPSA) is 23.6 Å². The smallest absolute Gasteiger partial charge is 0.246 e. The van der Waals surface area contributed by atoms with Crippen LogP contribution in [-0.4, -0.2) is 48.4 Å². The fraction of sp³-hybridized carbons (Fsp3) is 0.400. The molecule has 0 saturated carbocycles. The average Bonchev–Trinajstić information content (AvgIpc) is 2.48. The van der Waals surface area contributed by atoms with Crippen LogP contribution in [0.25, 0.3) is 6.08 Å². The van der Waals surface area contributed by atoms with Gasteiger partial charge in [0.05, 0.1) is 0 Å². The van der Waals surface area contributed by atoms with Crippen LogP contribution in [0.4, 0.5) is 0 Å². The molecule has 5 heteroatoms. The van der Waals surface area contributed by atoms with Gasteiger partial charge in [0.1, 0.15) is 0 Å². The molecule has 1 aliphatic heterocycles. The highest BCUT2D eigenvalue weighted by Gasteiger charge is 2.18. The van der Waals surface area contributed by atoms with E-state index in [0.29, 0.717) is 10.0 Å². The molecule has 1 amide bonds. The number of hydrogen-bond acceptors (Lipinski definition) is 2. The van der Waals surface area contributed by atoms with Crippen LogP contribution in [-0.2, 0) is 4.79 Å². The molecule has 1 saturated heterocycles. The molecule has 0 N–H and O–H groups in total. The molecule has 0 spiro atoms. The van der Waals surface area contributed by atoms with E-state index in [1.54, 1.807) is 30.4 Å². The standard InChI is InChI=1S/C15H18Cl2N2O/c1-2-18-7-9-19(10-8-18)15(20)6-3-12-11-13(16)4-5-14(12)17/h3-6,11H,2,7-10H2,1H3/b6-3+. The first-order valence-corrected chi connectivity index (χ1v) is 7.50. The largest absolute Gasteiger partial charge is 0.337 e. The van der Waals surface area contributed by atoms with E-state index in [0.717, 1.165) is 38.3 Å². The third-order valence-electron chi connectivity index (χ3n) is 3.49. The third-order valence-corrected chi connectivity index (χ3v) is 4.07. The molecule has 1 fully saturated rings. The van der Waals surface area contributed by atoms with Crippen molar-refractivity contribution in [3.8, 4) is 0 Å². The highest BCUT2D eigenvalue weighted by Crippen LogP contribution is 2.21. The van der Waals surface area contributed by atoms with E-state index < -0.39 is 0 Å². The molecule has 0 aromatic heterocycles. The van der Waals surface area contributed by atoms with Gasteiger partial charge in [-0.25, -0.2) is 0 Å². The summed E-state index contributed by atoms with van der Waals surface area (Å²) in [4.78, 5) is 16.3. The fourth-order valence-electron chi connectivity index (χ4n) is 2.19. The highest BCUT2D eigenvalue weighted by molar-refractivity contribution is 6.34. The third kappa shape index (κ3) is 3.98. The molecule has 0 radical (unpaired) electrons. The Balaban J connectivity index is 1.97. The van der Waals surface area contributed by atoms with Gasteiger partial charge in [-0.3, -0.25) is 4.79 Å². The summed E-state index contributed by atoms with van der Waals surface area (Å²) in [6.45, 7) is 6.61. The number of benzene rings is 1. The van der Waals surface area contributed by atoms with Crippen LogP contribution < -0.4 is 0 Å². The number of carbonyl (C=O) groups excluding carboxylic acids is 1. The molecule has 1 aliphatic rings. The van der Waals surface area contributed by atoms with Gasteiger partial charge in [-0.15, -0.1) is 0 Å². The van der Waals surface area contributed by atoms with Crippen LogP contribution in [0, 0.1) is 0 Å². The Hall–Kier alpha value is -1.03. The van der Waals surface area contributed by atoms with E-state index in [1.165, 1.54) is 0 Å². The van der Waals surface area contributed by atoms with Crippen molar-refractivity contribution < 1.29 is 4.79 Å². The molecule has 1 aromatic carbocycles. The molecule has 2 rings (SSSR count). The number of nitrogens with zero attached hydrogens (tertiary/aromatic N) is 2. The summed E-state index contributed by atoms with van der Waals surface area (Å²) in [6, 6.07) is 5.21. The average molecular weight is 313 g/mol. The minimum Gasteiger partial charge on any atom is -0.337 e. The van der Waals surface area contributed by atoms with Gasteiger partial charge < -0.3 is 9.80 Å². The summed E-state index contributed by atoms with van der Waals surface area (Å²) in [6.07, 6.45) is 3.29. The molecule has 20 heavy (non-hydrogen) atoms. The zero-order chi connectivity index (χ0) is 14.5. The molecule has 1 heterocycles. The first-order valence-electron chi connectivity index (χ1n) is 6.74. The quantitative estimate of drug-likeness (QED) is 0.800. The first-order chi connectivity index (χ1) is 9.60. The molecule has 1 aromatic rings. The SMILES string of the molecule is CCN1CCN(C(=O)/C=C/c2cc(Cl)ccc2Cl)CC1. The Morgan fingerprint density at radius 1 is 1.25 bits per heavy atom. The second kappa shape index (κ2) is 7.11. The predicted molar refractivity (Wildman–Crippen MR) is 84.2 cm³/mol. The number of likely N-dealkylation sites (N-methyl/N-ethyl adjacent to an activating group) is 1. The molecule has 0 bridgehead atoms. The number of piperazine rings is 1. The summed E-state index contributed by atoms with van der Waals surface area (Å²) in [5.74, 6) is 0.0248. The van der Waals surface area contributed by atoms with Crippen molar-refractivity contribution in [2.75, 3.05) is 32.7 Å². The van der Waals surface area contributed by atoms with Crippen LogP contribution >= 0.6 is 23.2 Å². The molecule has 108 valence electrons. The number of hydrogen-bond donors (Lipinski definition) is 0. The van der Waals surface area contributed by atoms with Crippen LogP contribution in [0.3, 0.4) is 0 Å². The summed E-state index contributed by atoms with van der Waals surface area (Å²) < 4.78 is 0. The Labute approximate surface area is 129 Å². The fourth-order valence-corrected chi connectivity index (χ4v) is 2.55. The van der Waals surface area contributed by atoms with Gasteiger partial charge in [-0.2, -0.15) is 0 Å². The van der Waals surface area contributed by atoms with Gasteiger partial charge in [0.2, 0.25) is 5.91 Å².